The molecule has 0 spiro atoms. The monoisotopic (exact) mass is 259 g/mol. The van der Waals surface area contributed by atoms with Crippen molar-refractivity contribution in [3.63, 3.8) is 0 Å². The van der Waals surface area contributed by atoms with Gasteiger partial charge in [0.05, 0.1) is 0 Å². The normalized spacial score (nSPS) is 16.7. The molecule has 2 amide bonds. The van der Waals surface area contributed by atoms with Crippen molar-refractivity contribution < 1.29 is 14.0 Å². The number of amides is 2. The van der Waals surface area contributed by atoms with Gasteiger partial charge in [-0.1, -0.05) is 6.92 Å². The molecule has 1 fully saturated rings. The molecule has 1 N–H and O–H groups in total. The van der Waals surface area contributed by atoms with Crippen molar-refractivity contribution in [2.45, 2.75) is 19.8 Å². The molecule has 0 unspecified atom stereocenters. The second-order valence-electron chi connectivity index (χ2n) is 4.36. The molecular formula is C12H22FN3O2. The van der Waals surface area contributed by atoms with Crippen LogP contribution in [0.3, 0.4) is 0 Å². The maximum atomic E-state index is 12.1. The van der Waals surface area contributed by atoms with Crippen molar-refractivity contribution in [2.24, 2.45) is 0 Å². The van der Waals surface area contributed by atoms with E-state index in [0.717, 1.165) is 13.1 Å². The Kier molecular flexibility index (Phi) is 6.64. The molecule has 1 saturated heterocycles. The Hall–Kier alpha value is -1.17. The average molecular weight is 259 g/mol. The van der Waals surface area contributed by atoms with Gasteiger partial charge in [-0.05, 0) is 0 Å². The number of hydrogen-bond acceptors (Lipinski definition) is 3. The summed E-state index contributed by atoms with van der Waals surface area (Å²) in [6.45, 7) is 5.07. The van der Waals surface area contributed by atoms with E-state index in [1.165, 1.54) is 0 Å². The maximum Gasteiger partial charge on any atom is 0.224 e. The Balaban J connectivity index is 2.17. The van der Waals surface area contributed by atoms with Crippen molar-refractivity contribution in [3.8, 4) is 0 Å². The first-order chi connectivity index (χ1) is 8.67. The number of alkyl halides is 1. The summed E-state index contributed by atoms with van der Waals surface area (Å²) >= 11 is 0. The molecule has 0 aromatic rings. The minimum atomic E-state index is -0.336. The van der Waals surface area contributed by atoms with Gasteiger partial charge in [0.25, 0.3) is 0 Å². The molecule has 1 aliphatic heterocycles. The van der Waals surface area contributed by atoms with Gasteiger partial charge in [0.15, 0.2) is 0 Å². The summed E-state index contributed by atoms with van der Waals surface area (Å²) in [7, 11) is 0. The van der Waals surface area contributed by atoms with Crippen LogP contribution in [0.5, 0.6) is 0 Å². The molecule has 104 valence electrons. The Morgan fingerprint density at radius 2 is 1.89 bits per heavy atom. The van der Waals surface area contributed by atoms with Crippen LogP contribution in [0, 0.1) is 0 Å². The maximum absolute atomic E-state index is 12.1. The van der Waals surface area contributed by atoms with E-state index in [9.17, 15) is 14.0 Å². The van der Waals surface area contributed by atoms with E-state index in [1.807, 2.05) is 4.90 Å². The highest BCUT2D eigenvalue weighted by molar-refractivity contribution is 5.78. The number of hydrogen-bond donors (Lipinski definition) is 1. The standard InChI is InChI=1S/C12H22FN3O2/c1-2-11(17)14-5-3-12(18)16-9-7-15(6-4-13)8-10-16/h2-10H2,1H3,(H,14,17). The molecule has 0 bridgehead atoms. The first-order valence-electron chi connectivity index (χ1n) is 6.50. The summed E-state index contributed by atoms with van der Waals surface area (Å²) in [5.74, 6) is 0.0295. The van der Waals surface area contributed by atoms with Crippen LogP contribution in [0.1, 0.15) is 19.8 Å². The summed E-state index contributed by atoms with van der Waals surface area (Å²) in [4.78, 5) is 26.6. The van der Waals surface area contributed by atoms with E-state index in [2.05, 4.69) is 5.32 Å². The van der Waals surface area contributed by atoms with Crippen molar-refractivity contribution in [3.05, 3.63) is 0 Å². The number of piperazine rings is 1. The zero-order valence-electron chi connectivity index (χ0n) is 11.0. The fourth-order valence-electron chi connectivity index (χ4n) is 1.93. The van der Waals surface area contributed by atoms with Gasteiger partial charge in [-0.3, -0.25) is 14.5 Å². The summed E-state index contributed by atoms with van der Waals surface area (Å²) in [6, 6.07) is 0. The predicted molar refractivity (Wildman–Crippen MR) is 66.9 cm³/mol. The van der Waals surface area contributed by atoms with Gasteiger partial charge in [-0.25, -0.2) is 4.39 Å². The third-order valence-corrected chi connectivity index (χ3v) is 3.11. The fraction of sp³-hybridized carbons (Fsp3) is 0.833. The van der Waals surface area contributed by atoms with E-state index < -0.39 is 0 Å². The zero-order valence-corrected chi connectivity index (χ0v) is 11.0. The van der Waals surface area contributed by atoms with Crippen molar-refractivity contribution in [1.82, 2.24) is 15.1 Å². The molecule has 0 aromatic carbocycles. The number of rotatable bonds is 6. The summed E-state index contributed by atoms with van der Waals surface area (Å²) in [5.41, 5.74) is 0. The highest BCUT2D eigenvalue weighted by Crippen LogP contribution is 2.03. The number of nitrogens with one attached hydrogen (secondary N) is 1. The fourth-order valence-corrected chi connectivity index (χ4v) is 1.93. The van der Waals surface area contributed by atoms with E-state index in [-0.39, 0.29) is 18.5 Å². The Morgan fingerprint density at radius 1 is 1.22 bits per heavy atom. The minimum absolute atomic E-state index is 0.0319. The van der Waals surface area contributed by atoms with Gasteiger partial charge >= 0.3 is 0 Å². The molecule has 0 atom stereocenters. The lowest BCUT2D eigenvalue weighted by Gasteiger charge is -2.34. The predicted octanol–water partition coefficient (Wildman–Crippen LogP) is 0.0164. The van der Waals surface area contributed by atoms with E-state index >= 15 is 0 Å². The second kappa shape index (κ2) is 8.02. The number of carbonyl (C=O) groups excluding carboxylic acids is 2. The lowest BCUT2D eigenvalue weighted by atomic mass is 10.2. The quantitative estimate of drug-likeness (QED) is 0.731. The Labute approximate surface area is 107 Å². The lowest BCUT2D eigenvalue weighted by molar-refractivity contribution is -0.132. The molecule has 0 aliphatic carbocycles. The van der Waals surface area contributed by atoms with E-state index in [0.29, 0.717) is 39.0 Å². The number of nitrogens with zero attached hydrogens (tertiary/aromatic N) is 2. The molecular weight excluding hydrogens is 237 g/mol. The molecule has 1 rings (SSSR count). The molecule has 18 heavy (non-hydrogen) atoms. The first kappa shape index (κ1) is 14.9. The molecule has 0 aromatic heterocycles. The van der Waals surface area contributed by atoms with Gasteiger partial charge in [0, 0.05) is 52.1 Å². The summed E-state index contributed by atoms with van der Waals surface area (Å²) < 4.78 is 12.1. The van der Waals surface area contributed by atoms with Gasteiger partial charge < -0.3 is 10.2 Å². The molecule has 0 saturated carbocycles. The van der Waals surface area contributed by atoms with Gasteiger partial charge in [-0.2, -0.15) is 0 Å². The SMILES string of the molecule is CCC(=O)NCCC(=O)N1CCN(CCF)CC1. The summed E-state index contributed by atoms with van der Waals surface area (Å²) in [6.07, 6.45) is 0.783. The molecule has 6 heteroatoms. The van der Waals surface area contributed by atoms with Crippen LogP contribution in [0.2, 0.25) is 0 Å². The van der Waals surface area contributed by atoms with Crippen LogP contribution in [0.15, 0.2) is 0 Å². The van der Waals surface area contributed by atoms with Crippen LogP contribution in [-0.2, 0) is 9.59 Å². The Morgan fingerprint density at radius 3 is 2.44 bits per heavy atom. The van der Waals surface area contributed by atoms with Gasteiger partial charge in [0.1, 0.15) is 6.67 Å². The summed E-state index contributed by atoms with van der Waals surface area (Å²) in [5, 5.41) is 2.68. The van der Waals surface area contributed by atoms with Gasteiger partial charge in [0.2, 0.25) is 11.8 Å². The van der Waals surface area contributed by atoms with Crippen LogP contribution >= 0.6 is 0 Å². The smallest absolute Gasteiger partial charge is 0.224 e. The first-order valence-corrected chi connectivity index (χ1v) is 6.50. The van der Waals surface area contributed by atoms with Crippen molar-refractivity contribution in [1.29, 1.82) is 0 Å². The Bertz CT molecular complexity index is 278. The largest absolute Gasteiger partial charge is 0.356 e. The zero-order chi connectivity index (χ0) is 13.4. The average Bonchev–Trinajstić information content (AvgIpc) is 2.39. The molecule has 1 heterocycles. The van der Waals surface area contributed by atoms with E-state index in [1.54, 1.807) is 11.8 Å². The number of carbonyl (C=O) groups is 2. The van der Waals surface area contributed by atoms with Gasteiger partial charge in [-0.15, -0.1) is 0 Å². The van der Waals surface area contributed by atoms with Crippen molar-refractivity contribution >= 4 is 11.8 Å². The third kappa shape index (κ3) is 5.00. The number of halogens is 1. The third-order valence-electron chi connectivity index (χ3n) is 3.11. The second-order valence-corrected chi connectivity index (χ2v) is 4.36. The minimum Gasteiger partial charge on any atom is -0.356 e. The molecule has 1 aliphatic rings. The van der Waals surface area contributed by atoms with E-state index in [4.69, 9.17) is 0 Å². The highest BCUT2D eigenvalue weighted by Gasteiger charge is 2.20. The highest BCUT2D eigenvalue weighted by atomic mass is 19.1. The van der Waals surface area contributed by atoms with Crippen LogP contribution in [0.25, 0.3) is 0 Å². The van der Waals surface area contributed by atoms with Crippen LogP contribution in [-0.4, -0.2) is 67.6 Å². The van der Waals surface area contributed by atoms with Crippen LogP contribution in [0.4, 0.5) is 4.39 Å². The molecule has 5 nitrogen and oxygen atoms in total. The lowest BCUT2D eigenvalue weighted by Crippen LogP contribution is -2.49. The van der Waals surface area contributed by atoms with Crippen molar-refractivity contribution in [2.75, 3.05) is 45.9 Å². The van der Waals surface area contributed by atoms with Crippen LogP contribution < -0.4 is 5.32 Å². The molecule has 0 radical (unpaired) electrons. The topological polar surface area (TPSA) is 52.7 Å².